The summed E-state index contributed by atoms with van der Waals surface area (Å²) < 4.78 is 0. The third-order valence-electron chi connectivity index (χ3n) is 3.39. The van der Waals surface area contributed by atoms with Crippen LogP contribution in [0, 0.1) is 11.8 Å². The second kappa shape index (κ2) is 2.48. The lowest BCUT2D eigenvalue weighted by Crippen LogP contribution is -2.41. The minimum Gasteiger partial charge on any atom is -0.390 e. The standard InChI is InChI=1S/C10H18O/c1-8-5-9-3-2-4-10(11,6-8)7-9/h8-9,11H,2-7H2,1H3. The molecule has 1 nitrogen and oxygen atoms in total. The van der Waals surface area contributed by atoms with E-state index in [9.17, 15) is 5.11 Å². The first-order valence-electron chi connectivity index (χ1n) is 4.90. The molecule has 0 aromatic rings. The van der Waals surface area contributed by atoms with E-state index < -0.39 is 0 Å². The van der Waals surface area contributed by atoms with Gasteiger partial charge in [0.25, 0.3) is 0 Å². The van der Waals surface area contributed by atoms with Gasteiger partial charge in [0, 0.05) is 0 Å². The summed E-state index contributed by atoms with van der Waals surface area (Å²) in [5, 5.41) is 10.1. The molecule has 0 saturated heterocycles. The number of fused-ring (bicyclic) bond motifs is 2. The summed E-state index contributed by atoms with van der Waals surface area (Å²) in [6.07, 6.45) is 7.21. The van der Waals surface area contributed by atoms with Crippen LogP contribution in [0.4, 0.5) is 0 Å². The molecule has 2 rings (SSSR count). The Labute approximate surface area is 68.8 Å². The molecule has 2 saturated carbocycles. The van der Waals surface area contributed by atoms with Crippen molar-refractivity contribution in [2.24, 2.45) is 11.8 Å². The summed E-state index contributed by atoms with van der Waals surface area (Å²) in [6.45, 7) is 2.28. The average molecular weight is 154 g/mol. The second-order valence-corrected chi connectivity index (χ2v) is 4.73. The van der Waals surface area contributed by atoms with Crippen LogP contribution in [0.2, 0.25) is 0 Å². The normalized spacial score (nSPS) is 50.7. The van der Waals surface area contributed by atoms with Gasteiger partial charge in [-0.25, -0.2) is 0 Å². The maximum absolute atomic E-state index is 10.1. The van der Waals surface area contributed by atoms with Crippen LogP contribution in [-0.2, 0) is 0 Å². The lowest BCUT2D eigenvalue weighted by molar-refractivity contribution is -0.0639. The zero-order valence-corrected chi connectivity index (χ0v) is 7.34. The number of hydrogen-bond acceptors (Lipinski definition) is 1. The van der Waals surface area contributed by atoms with Crippen LogP contribution >= 0.6 is 0 Å². The summed E-state index contributed by atoms with van der Waals surface area (Å²) in [6, 6.07) is 0. The molecule has 3 unspecified atom stereocenters. The largest absolute Gasteiger partial charge is 0.390 e. The third kappa shape index (κ3) is 1.44. The third-order valence-corrected chi connectivity index (χ3v) is 3.39. The summed E-state index contributed by atoms with van der Waals surface area (Å²) in [5.74, 6) is 1.61. The molecule has 2 aliphatic carbocycles. The lowest BCUT2D eigenvalue weighted by Gasteiger charge is -2.44. The fourth-order valence-electron chi connectivity index (χ4n) is 3.15. The van der Waals surface area contributed by atoms with Gasteiger partial charge in [-0.1, -0.05) is 19.8 Å². The highest BCUT2D eigenvalue weighted by Crippen LogP contribution is 2.44. The van der Waals surface area contributed by atoms with Gasteiger partial charge in [-0.2, -0.15) is 0 Å². The molecule has 0 heterocycles. The number of rotatable bonds is 0. The van der Waals surface area contributed by atoms with E-state index in [0.29, 0.717) is 0 Å². The molecule has 2 bridgehead atoms. The molecule has 2 fully saturated rings. The van der Waals surface area contributed by atoms with Gasteiger partial charge < -0.3 is 5.11 Å². The molecule has 64 valence electrons. The van der Waals surface area contributed by atoms with Crippen molar-refractivity contribution in [3.63, 3.8) is 0 Å². The quantitative estimate of drug-likeness (QED) is 0.568. The monoisotopic (exact) mass is 154 g/mol. The van der Waals surface area contributed by atoms with E-state index in [1.54, 1.807) is 0 Å². The molecule has 1 heteroatoms. The van der Waals surface area contributed by atoms with Crippen LogP contribution < -0.4 is 0 Å². The van der Waals surface area contributed by atoms with E-state index in [0.717, 1.165) is 31.1 Å². The molecule has 3 atom stereocenters. The molecule has 0 aromatic carbocycles. The van der Waals surface area contributed by atoms with Crippen LogP contribution in [0.1, 0.15) is 45.4 Å². The number of hydrogen-bond donors (Lipinski definition) is 1. The zero-order valence-electron chi connectivity index (χ0n) is 7.34. The van der Waals surface area contributed by atoms with E-state index in [4.69, 9.17) is 0 Å². The van der Waals surface area contributed by atoms with Crippen LogP contribution in [0.25, 0.3) is 0 Å². The van der Waals surface area contributed by atoms with Crippen LogP contribution in [0.3, 0.4) is 0 Å². The highest BCUT2D eigenvalue weighted by molar-refractivity contribution is 4.92. The summed E-state index contributed by atoms with van der Waals surface area (Å²) in [5.41, 5.74) is -0.249. The minimum atomic E-state index is -0.249. The van der Waals surface area contributed by atoms with Gasteiger partial charge in [0.1, 0.15) is 0 Å². The first-order chi connectivity index (χ1) is 5.18. The first kappa shape index (κ1) is 7.60. The van der Waals surface area contributed by atoms with E-state index in [1.165, 1.54) is 19.3 Å². The van der Waals surface area contributed by atoms with Crippen LogP contribution in [0.5, 0.6) is 0 Å². The zero-order chi connectivity index (χ0) is 7.90. The maximum Gasteiger partial charge on any atom is 0.0653 e. The average Bonchev–Trinajstić information content (AvgIpc) is 1.82. The Balaban J connectivity index is 2.09. The minimum absolute atomic E-state index is 0.249. The lowest BCUT2D eigenvalue weighted by atomic mass is 9.66. The molecular formula is C10H18O. The Morgan fingerprint density at radius 3 is 2.91 bits per heavy atom. The predicted octanol–water partition coefficient (Wildman–Crippen LogP) is 2.34. The summed E-state index contributed by atoms with van der Waals surface area (Å²) in [4.78, 5) is 0. The second-order valence-electron chi connectivity index (χ2n) is 4.73. The van der Waals surface area contributed by atoms with Crippen molar-refractivity contribution in [1.82, 2.24) is 0 Å². The molecular weight excluding hydrogens is 136 g/mol. The Morgan fingerprint density at radius 2 is 2.18 bits per heavy atom. The summed E-state index contributed by atoms with van der Waals surface area (Å²) in [7, 11) is 0. The molecule has 11 heavy (non-hydrogen) atoms. The van der Waals surface area contributed by atoms with E-state index in [2.05, 4.69) is 6.92 Å². The van der Waals surface area contributed by atoms with Gasteiger partial charge in [0.2, 0.25) is 0 Å². The van der Waals surface area contributed by atoms with Gasteiger partial charge in [-0.3, -0.25) is 0 Å². The van der Waals surface area contributed by atoms with E-state index in [-0.39, 0.29) is 5.60 Å². The molecule has 0 amide bonds. The highest BCUT2D eigenvalue weighted by Gasteiger charge is 2.39. The fraction of sp³-hybridized carbons (Fsp3) is 1.00. The first-order valence-corrected chi connectivity index (χ1v) is 4.90. The SMILES string of the molecule is CC1CC2CCCC(O)(C1)C2. The Hall–Kier alpha value is -0.0400. The molecule has 0 radical (unpaired) electrons. The van der Waals surface area contributed by atoms with Gasteiger partial charge >= 0.3 is 0 Å². The topological polar surface area (TPSA) is 20.2 Å². The highest BCUT2D eigenvalue weighted by atomic mass is 16.3. The van der Waals surface area contributed by atoms with Gasteiger partial charge in [0.05, 0.1) is 5.60 Å². The van der Waals surface area contributed by atoms with Crippen LogP contribution in [0.15, 0.2) is 0 Å². The Morgan fingerprint density at radius 1 is 1.36 bits per heavy atom. The van der Waals surface area contributed by atoms with Crippen molar-refractivity contribution >= 4 is 0 Å². The van der Waals surface area contributed by atoms with Gasteiger partial charge in [-0.05, 0) is 37.5 Å². The van der Waals surface area contributed by atoms with E-state index in [1.807, 2.05) is 0 Å². The Kier molecular flexibility index (Phi) is 1.71. The molecule has 0 aromatic heterocycles. The van der Waals surface area contributed by atoms with Gasteiger partial charge in [0.15, 0.2) is 0 Å². The molecule has 0 spiro atoms. The predicted molar refractivity (Wildman–Crippen MR) is 45.3 cm³/mol. The van der Waals surface area contributed by atoms with Crippen molar-refractivity contribution in [3.05, 3.63) is 0 Å². The van der Waals surface area contributed by atoms with Crippen molar-refractivity contribution in [2.45, 2.75) is 51.0 Å². The van der Waals surface area contributed by atoms with Crippen molar-refractivity contribution < 1.29 is 5.11 Å². The van der Waals surface area contributed by atoms with Gasteiger partial charge in [-0.15, -0.1) is 0 Å². The fourth-order valence-corrected chi connectivity index (χ4v) is 3.15. The smallest absolute Gasteiger partial charge is 0.0653 e. The molecule has 1 N–H and O–H groups in total. The number of aliphatic hydroxyl groups is 1. The molecule has 2 aliphatic rings. The Bertz CT molecular complexity index is 151. The van der Waals surface area contributed by atoms with Crippen LogP contribution in [-0.4, -0.2) is 10.7 Å². The van der Waals surface area contributed by atoms with Crippen molar-refractivity contribution in [2.75, 3.05) is 0 Å². The van der Waals surface area contributed by atoms with Crippen molar-refractivity contribution in [1.29, 1.82) is 0 Å². The van der Waals surface area contributed by atoms with Crippen molar-refractivity contribution in [3.8, 4) is 0 Å². The van der Waals surface area contributed by atoms with E-state index >= 15 is 0 Å². The maximum atomic E-state index is 10.1. The summed E-state index contributed by atoms with van der Waals surface area (Å²) >= 11 is 0. The molecule has 0 aliphatic heterocycles.